The van der Waals surface area contributed by atoms with Crippen LogP contribution in [-0.4, -0.2) is 41.1 Å². The van der Waals surface area contributed by atoms with E-state index in [1.807, 2.05) is 6.07 Å². The first kappa shape index (κ1) is 21.6. The van der Waals surface area contributed by atoms with Crippen molar-refractivity contribution < 1.29 is 17.6 Å². The Balaban J connectivity index is 1.79. The number of carbonyl (C=O) groups is 1. The third kappa shape index (κ3) is 3.87. The van der Waals surface area contributed by atoms with Crippen molar-refractivity contribution in [1.29, 1.82) is 0 Å². The predicted octanol–water partition coefficient (Wildman–Crippen LogP) is 3.94. The fourth-order valence-corrected chi connectivity index (χ4v) is 4.68. The van der Waals surface area contributed by atoms with Crippen LogP contribution in [0, 0.1) is 5.82 Å². The van der Waals surface area contributed by atoms with Gasteiger partial charge in [-0.3, -0.25) is 9.10 Å². The van der Waals surface area contributed by atoms with E-state index in [9.17, 15) is 17.6 Å². The second-order valence-electron chi connectivity index (χ2n) is 7.08. The minimum atomic E-state index is -3.42. The third-order valence-electron chi connectivity index (χ3n) is 5.17. The number of sulfonamides is 1. The third-order valence-corrected chi connectivity index (χ3v) is 7.04. The number of aromatic nitrogens is 3. The van der Waals surface area contributed by atoms with Crippen molar-refractivity contribution in [3.8, 4) is 11.3 Å². The van der Waals surface area contributed by atoms with Crippen molar-refractivity contribution in [3.63, 3.8) is 0 Å². The molecule has 0 N–H and O–H groups in total. The molecule has 0 atom stereocenters. The summed E-state index contributed by atoms with van der Waals surface area (Å²) >= 11 is 0. The molecule has 0 saturated carbocycles. The second-order valence-corrected chi connectivity index (χ2v) is 9.26. The Bertz CT molecular complexity index is 1400. The van der Waals surface area contributed by atoms with E-state index in [4.69, 9.17) is 0 Å². The lowest BCUT2D eigenvalue weighted by Gasteiger charge is -2.22. The van der Waals surface area contributed by atoms with Gasteiger partial charge in [0.1, 0.15) is 5.82 Å². The highest BCUT2D eigenvalue weighted by Crippen LogP contribution is 2.27. The minimum absolute atomic E-state index is 0.00141. The van der Waals surface area contributed by atoms with Gasteiger partial charge in [-0.05, 0) is 56.3 Å². The van der Waals surface area contributed by atoms with E-state index >= 15 is 0 Å². The molecule has 2 aromatic heterocycles. The van der Waals surface area contributed by atoms with Crippen LogP contribution in [-0.2, 0) is 10.0 Å². The first-order valence-electron chi connectivity index (χ1n) is 10.1. The fourth-order valence-electron chi connectivity index (χ4n) is 3.54. The molecule has 0 aliphatic carbocycles. The number of fused-ring (bicyclic) bond motifs is 1. The molecule has 0 fully saturated rings. The van der Waals surface area contributed by atoms with Gasteiger partial charge in [0.25, 0.3) is 0 Å². The topological polar surface area (TPSA) is 84.6 Å². The lowest BCUT2D eigenvalue weighted by Crippen LogP contribution is -2.32. The minimum Gasteiger partial charge on any atom is -0.288 e. The summed E-state index contributed by atoms with van der Waals surface area (Å²) in [6.45, 7) is 3.70. The van der Waals surface area contributed by atoms with E-state index in [1.165, 1.54) is 34.8 Å². The summed E-state index contributed by atoms with van der Waals surface area (Å²) in [6.07, 6.45) is 3.00. The summed E-state index contributed by atoms with van der Waals surface area (Å²) < 4.78 is 41.0. The van der Waals surface area contributed by atoms with E-state index < -0.39 is 15.8 Å². The van der Waals surface area contributed by atoms with Crippen molar-refractivity contribution in [2.45, 2.75) is 13.8 Å². The van der Waals surface area contributed by atoms with Crippen LogP contribution >= 0.6 is 0 Å². The van der Waals surface area contributed by atoms with Gasteiger partial charge in [-0.25, -0.2) is 22.3 Å². The lowest BCUT2D eigenvalue weighted by molar-refractivity contribution is 0.104. The number of carbonyl (C=O) groups excluding carboxylic acids is 1. The number of benzene rings is 2. The molecule has 0 unspecified atom stereocenters. The van der Waals surface area contributed by atoms with Crippen molar-refractivity contribution in [2.24, 2.45) is 0 Å². The monoisotopic (exact) mass is 452 g/mol. The van der Waals surface area contributed by atoms with Gasteiger partial charge in [0.05, 0.1) is 28.9 Å². The molecule has 2 aromatic carbocycles. The zero-order chi connectivity index (χ0) is 22.9. The number of hydrogen-bond acceptors (Lipinski definition) is 5. The molecule has 0 radical (unpaired) electrons. The van der Waals surface area contributed by atoms with Gasteiger partial charge in [-0.2, -0.15) is 5.10 Å². The average Bonchev–Trinajstić information content (AvgIpc) is 3.24. The molecular formula is C23H21FN4O3S. The van der Waals surface area contributed by atoms with Crippen molar-refractivity contribution >= 4 is 27.1 Å². The number of anilines is 1. The molecule has 0 aliphatic heterocycles. The number of halogens is 1. The van der Waals surface area contributed by atoms with Crippen molar-refractivity contribution in [2.75, 3.05) is 16.6 Å². The molecule has 0 saturated heterocycles. The van der Waals surface area contributed by atoms with E-state index in [-0.39, 0.29) is 11.5 Å². The molecule has 7 nitrogen and oxygen atoms in total. The normalized spacial score (nSPS) is 11.6. The molecule has 4 rings (SSSR count). The SMILES string of the molecule is CCN(c1cccc(-c2ccnc3c(C(=O)c4ccc(F)cc4)cnn23)c1)S(=O)(=O)CC. The van der Waals surface area contributed by atoms with Crippen LogP contribution < -0.4 is 4.31 Å². The molecule has 0 bridgehead atoms. The summed E-state index contributed by atoms with van der Waals surface area (Å²) in [7, 11) is -3.42. The van der Waals surface area contributed by atoms with Gasteiger partial charge in [0, 0.05) is 23.9 Å². The van der Waals surface area contributed by atoms with Crippen LogP contribution in [0.25, 0.3) is 16.9 Å². The van der Waals surface area contributed by atoms with Crippen molar-refractivity contribution in [1.82, 2.24) is 14.6 Å². The van der Waals surface area contributed by atoms with Gasteiger partial charge in [-0.1, -0.05) is 12.1 Å². The van der Waals surface area contributed by atoms with Gasteiger partial charge in [-0.15, -0.1) is 0 Å². The van der Waals surface area contributed by atoms with Gasteiger partial charge < -0.3 is 0 Å². The van der Waals surface area contributed by atoms with Gasteiger partial charge in [0.2, 0.25) is 10.0 Å². The maximum absolute atomic E-state index is 13.2. The summed E-state index contributed by atoms with van der Waals surface area (Å²) in [6, 6.07) is 14.2. The summed E-state index contributed by atoms with van der Waals surface area (Å²) in [5.41, 5.74) is 2.91. The highest BCUT2D eigenvalue weighted by molar-refractivity contribution is 7.92. The molecule has 164 valence electrons. The summed E-state index contributed by atoms with van der Waals surface area (Å²) in [5.74, 6) is -0.740. The maximum Gasteiger partial charge on any atom is 0.234 e. The van der Waals surface area contributed by atoms with Crippen LogP contribution in [0.15, 0.2) is 67.0 Å². The zero-order valence-electron chi connectivity index (χ0n) is 17.6. The standard InChI is InChI=1S/C23H21FN4O3S/c1-3-27(32(30,31)4-2)19-7-5-6-17(14-19)21-12-13-25-23-20(15-26-28(21)23)22(29)16-8-10-18(24)11-9-16/h5-15H,3-4H2,1-2H3. The Hall–Kier alpha value is -3.59. The van der Waals surface area contributed by atoms with Gasteiger partial charge >= 0.3 is 0 Å². The molecule has 0 spiro atoms. The second kappa shape index (κ2) is 8.51. The Morgan fingerprint density at radius 3 is 2.53 bits per heavy atom. The smallest absolute Gasteiger partial charge is 0.234 e. The van der Waals surface area contributed by atoms with E-state index in [0.717, 1.165) is 5.56 Å². The molecule has 4 aromatic rings. The maximum atomic E-state index is 13.2. The van der Waals surface area contributed by atoms with Crippen LogP contribution in [0.3, 0.4) is 0 Å². The molecule has 0 amide bonds. The Labute approximate surface area is 185 Å². The Morgan fingerprint density at radius 1 is 1.09 bits per heavy atom. The number of rotatable bonds is 7. The zero-order valence-corrected chi connectivity index (χ0v) is 18.4. The Morgan fingerprint density at radius 2 is 1.84 bits per heavy atom. The number of nitrogens with zero attached hydrogens (tertiary/aromatic N) is 4. The molecule has 2 heterocycles. The largest absolute Gasteiger partial charge is 0.288 e. The Kier molecular flexibility index (Phi) is 5.75. The summed E-state index contributed by atoms with van der Waals surface area (Å²) in [4.78, 5) is 17.2. The first-order valence-corrected chi connectivity index (χ1v) is 11.7. The van der Waals surface area contributed by atoms with Crippen LogP contribution in [0.4, 0.5) is 10.1 Å². The lowest BCUT2D eigenvalue weighted by atomic mass is 10.1. The van der Waals surface area contributed by atoms with Gasteiger partial charge in [0.15, 0.2) is 11.4 Å². The quantitative estimate of drug-likeness (QED) is 0.397. The summed E-state index contributed by atoms with van der Waals surface area (Å²) in [5, 5.41) is 4.35. The van der Waals surface area contributed by atoms with Crippen LogP contribution in [0.5, 0.6) is 0 Å². The molecule has 9 heteroatoms. The molecule has 0 aliphatic rings. The van der Waals surface area contributed by atoms with E-state index in [1.54, 1.807) is 48.8 Å². The average molecular weight is 453 g/mol. The van der Waals surface area contributed by atoms with Crippen molar-refractivity contribution in [3.05, 3.63) is 83.9 Å². The van der Waals surface area contributed by atoms with Crippen LogP contribution in [0.2, 0.25) is 0 Å². The van der Waals surface area contributed by atoms with Crippen LogP contribution in [0.1, 0.15) is 29.8 Å². The van der Waals surface area contributed by atoms with E-state index in [0.29, 0.717) is 34.7 Å². The predicted molar refractivity (Wildman–Crippen MR) is 121 cm³/mol. The fraction of sp³-hybridized carbons (Fsp3) is 0.174. The molecular weight excluding hydrogens is 431 g/mol. The highest BCUT2D eigenvalue weighted by atomic mass is 32.2. The van der Waals surface area contributed by atoms with E-state index in [2.05, 4.69) is 10.1 Å². The first-order chi connectivity index (χ1) is 15.4. The highest BCUT2D eigenvalue weighted by Gasteiger charge is 2.21. The molecule has 32 heavy (non-hydrogen) atoms. The number of ketones is 1. The number of hydrogen-bond donors (Lipinski definition) is 0.